The molecule has 3 rings (SSSR count). The Labute approximate surface area is 162 Å². The summed E-state index contributed by atoms with van der Waals surface area (Å²) in [5, 5.41) is 14.6. The highest BCUT2D eigenvalue weighted by atomic mass is 35.5. The van der Waals surface area contributed by atoms with Gasteiger partial charge in [-0.15, -0.1) is 0 Å². The van der Waals surface area contributed by atoms with Crippen molar-refractivity contribution in [2.45, 2.75) is 19.1 Å². The van der Waals surface area contributed by atoms with Crippen molar-refractivity contribution in [3.05, 3.63) is 79.2 Å². The lowest BCUT2D eigenvalue weighted by atomic mass is 10.1. The first-order valence-corrected chi connectivity index (χ1v) is 8.49. The Morgan fingerprint density at radius 1 is 1.32 bits per heavy atom. The zero-order chi connectivity index (χ0) is 20.4. The minimum atomic E-state index is -0.952. The Morgan fingerprint density at radius 3 is 2.64 bits per heavy atom. The Morgan fingerprint density at radius 2 is 2.00 bits per heavy atom. The van der Waals surface area contributed by atoms with Crippen LogP contribution in [0.25, 0.3) is 0 Å². The van der Waals surface area contributed by atoms with Gasteiger partial charge in [0.2, 0.25) is 5.89 Å². The molecule has 146 valence electrons. The van der Waals surface area contributed by atoms with Crippen molar-refractivity contribution in [2.75, 3.05) is 0 Å². The molecule has 0 radical (unpaired) electrons. The van der Waals surface area contributed by atoms with Gasteiger partial charge in [-0.3, -0.25) is 18.7 Å². The van der Waals surface area contributed by atoms with E-state index in [0.717, 1.165) is 15.3 Å². The van der Waals surface area contributed by atoms with Crippen LogP contribution in [-0.4, -0.2) is 30.3 Å². The largest absolute Gasteiger partial charge is 0.388 e. The van der Waals surface area contributed by atoms with Gasteiger partial charge in [0.1, 0.15) is 12.1 Å². The van der Waals surface area contributed by atoms with Gasteiger partial charge in [0.05, 0.1) is 6.10 Å². The summed E-state index contributed by atoms with van der Waals surface area (Å²) in [6.07, 6.45) is 0.267. The second kappa shape index (κ2) is 7.79. The van der Waals surface area contributed by atoms with Crippen molar-refractivity contribution >= 4 is 17.5 Å². The Kier molecular flexibility index (Phi) is 5.43. The Bertz CT molecular complexity index is 1130. The van der Waals surface area contributed by atoms with Crippen molar-refractivity contribution < 1.29 is 14.4 Å². The van der Waals surface area contributed by atoms with Gasteiger partial charge in [0, 0.05) is 24.7 Å². The number of amides is 1. The normalized spacial score (nSPS) is 12.1. The van der Waals surface area contributed by atoms with Crippen molar-refractivity contribution in [1.82, 2.24) is 19.3 Å². The van der Waals surface area contributed by atoms with E-state index in [-0.39, 0.29) is 30.2 Å². The van der Waals surface area contributed by atoms with E-state index in [1.165, 1.54) is 7.05 Å². The number of carbonyl (C=O) groups is 1. The third-order valence-corrected chi connectivity index (χ3v) is 4.32. The van der Waals surface area contributed by atoms with E-state index in [2.05, 4.69) is 10.1 Å². The molecule has 2 aromatic heterocycles. The van der Waals surface area contributed by atoms with Gasteiger partial charge in [-0.1, -0.05) is 28.9 Å². The van der Waals surface area contributed by atoms with Crippen LogP contribution < -0.4 is 17.0 Å². The number of hydrogen-bond donors (Lipinski definition) is 2. The molecule has 10 nitrogen and oxygen atoms in total. The lowest BCUT2D eigenvalue weighted by Crippen LogP contribution is -2.41. The summed E-state index contributed by atoms with van der Waals surface area (Å²) in [7, 11) is 1.23. The first-order valence-electron chi connectivity index (χ1n) is 8.11. The van der Waals surface area contributed by atoms with Crippen LogP contribution >= 0.6 is 11.6 Å². The van der Waals surface area contributed by atoms with Crippen LogP contribution in [0.4, 0.5) is 0 Å². The molecule has 3 N–H and O–H groups in total. The fraction of sp³-hybridized carbons (Fsp3) is 0.235. The topological polar surface area (TPSA) is 146 Å². The highest BCUT2D eigenvalue weighted by Gasteiger charge is 2.17. The molecular weight excluding hydrogens is 390 g/mol. The molecule has 1 unspecified atom stereocenters. The summed E-state index contributed by atoms with van der Waals surface area (Å²) in [6, 6.07) is 6.68. The minimum absolute atomic E-state index is 0.0643. The van der Waals surface area contributed by atoms with Crippen LogP contribution in [-0.2, 0) is 20.0 Å². The summed E-state index contributed by atoms with van der Waals surface area (Å²) in [5.41, 5.74) is 4.01. The number of nitrogens with zero attached hydrogens (tertiary/aromatic N) is 4. The van der Waals surface area contributed by atoms with Gasteiger partial charge in [0.15, 0.2) is 5.82 Å². The quantitative estimate of drug-likeness (QED) is 0.587. The molecule has 1 amide bonds. The Balaban J connectivity index is 1.80. The number of carbonyl (C=O) groups excluding carboxylic acids is 1. The molecule has 1 aromatic carbocycles. The zero-order valence-electron chi connectivity index (χ0n) is 14.7. The molecule has 0 aliphatic carbocycles. The molecule has 28 heavy (non-hydrogen) atoms. The lowest BCUT2D eigenvalue weighted by molar-refractivity contribution is 0.0997. The van der Waals surface area contributed by atoms with E-state index in [9.17, 15) is 19.5 Å². The van der Waals surface area contributed by atoms with Crippen molar-refractivity contribution in [1.29, 1.82) is 0 Å². The molecule has 0 saturated heterocycles. The molecule has 0 aliphatic rings. The van der Waals surface area contributed by atoms with Crippen LogP contribution in [0, 0.1) is 0 Å². The average molecular weight is 406 g/mol. The summed E-state index contributed by atoms with van der Waals surface area (Å²) in [6.45, 7) is -0.169. The summed E-state index contributed by atoms with van der Waals surface area (Å²) >= 11 is 5.82. The zero-order valence-corrected chi connectivity index (χ0v) is 15.5. The maximum atomic E-state index is 12.2. The van der Waals surface area contributed by atoms with Crippen LogP contribution in [0.3, 0.4) is 0 Å². The van der Waals surface area contributed by atoms with Crippen LogP contribution in [0.15, 0.2) is 44.6 Å². The smallest absolute Gasteiger partial charge is 0.331 e. The fourth-order valence-electron chi connectivity index (χ4n) is 2.57. The molecule has 0 spiro atoms. The highest BCUT2D eigenvalue weighted by Crippen LogP contribution is 2.19. The number of aromatic nitrogens is 4. The third-order valence-electron chi connectivity index (χ3n) is 4.06. The lowest BCUT2D eigenvalue weighted by Gasteiger charge is -2.08. The summed E-state index contributed by atoms with van der Waals surface area (Å²) in [4.78, 5) is 39.6. The van der Waals surface area contributed by atoms with Crippen molar-refractivity contribution in [2.24, 2.45) is 12.8 Å². The van der Waals surface area contributed by atoms with E-state index >= 15 is 0 Å². The average Bonchev–Trinajstić information content (AvgIpc) is 3.09. The predicted molar refractivity (Wildman–Crippen MR) is 98.0 cm³/mol. The molecule has 0 bridgehead atoms. The van der Waals surface area contributed by atoms with Gasteiger partial charge in [-0.25, -0.2) is 4.79 Å². The number of hydrogen-bond acceptors (Lipinski definition) is 7. The number of primary amides is 1. The van der Waals surface area contributed by atoms with Gasteiger partial charge < -0.3 is 15.4 Å². The third kappa shape index (κ3) is 4.02. The second-order valence-electron chi connectivity index (χ2n) is 6.06. The minimum Gasteiger partial charge on any atom is -0.388 e. The maximum absolute atomic E-state index is 12.2. The van der Waals surface area contributed by atoms with Crippen molar-refractivity contribution in [3.8, 4) is 0 Å². The molecule has 11 heteroatoms. The Hall–Kier alpha value is -3.24. The molecule has 3 aromatic rings. The molecule has 2 heterocycles. The number of halogens is 1. The van der Waals surface area contributed by atoms with E-state index in [1.54, 1.807) is 24.3 Å². The van der Waals surface area contributed by atoms with E-state index in [1.807, 2.05) is 0 Å². The predicted octanol–water partition coefficient (Wildman–Crippen LogP) is 0.00670. The standard InChI is InChI=1S/C17H16ClN5O5/c1-22-16(26)11(15(19)25)7-23(17(22)27)8-14-20-13(21-28-14)6-12(24)9-2-4-10(18)5-3-9/h2-5,7,12,24H,6,8H2,1H3,(H2,19,25). The van der Waals surface area contributed by atoms with E-state index in [0.29, 0.717) is 10.6 Å². The fourth-order valence-corrected chi connectivity index (χ4v) is 2.69. The van der Waals surface area contributed by atoms with Gasteiger partial charge in [0.25, 0.3) is 11.5 Å². The van der Waals surface area contributed by atoms with Gasteiger partial charge >= 0.3 is 5.69 Å². The van der Waals surface area contributed by atoms with E-state index < -0.39 is 23.3 Å². The first kappa shape index (κ1) is 19.5. The number of nitrogens with two attached hydrogens (primary N) is 1. The SMILES string of the molecule is Cn1c(=O)c(C(N)=O)cn(Cc2nc(CC(O)c3ccc(Cl)cc3)no2)c1=O. The molecule has 0 saturated carbocycles. The maximum Gasteiger partial charge on any atom is 0.331 e. The second-order valence-corrected chi connectivity index (χ2v) is 6.49. The number of benzene rings is 1. The van der Waals surface area contributed by atoms with Crippen LogP contribution in [0.5, 0.6) is 0 Å². The van der Waals surface area contributed by atoms with Crippen LogP contribution in [0.1, 0.15) is 33.7 Å². The molecular formula is C17H16ClN5O5. The molecule has 1 atom stereocenters. The summed E-state index contributed by atoms with van der Waals surface area (Å²) < 4.78 is 6.92. The number of aliphatic hydroxyl groups excluding tert-OH is 1. The highest BCUT2D eigenvalue weighted by molar-refractivity contribution is 6.30. The summed E-state index contributed by atoms with van der Waals surface area (Å²) in [5.74, 6) is -0.661. The van der Waals surface area contributed by atoms with Crippen molar-refractivity contribution in [3.63, 3.8) is 0 Å². The van der Waals surface area contributed by atoms with Gasteiger partial charge in [-0.2, -0.15) is 4.98 Å². The van der Waals surface area contributed by atoms with Gasteiger partial charge in [-0.05, 0) is 17.7 Å². The molecule has 0 fully saturated rings. The van der Waals surface area contributed by atoms with E-state index in [4.69, 9.17) is 21.9 Å². The molecule has 0 aliphatic heterocycles. The first-order chi connectivity index (χ1) is 13.3. The van der Waals surface area contributed by atoms with Crippen LogP contribution in [0.2, 0.25) is 5.02 Å². The number of rotatable bonds is 6. The monoisotopic (exact) mass is 405 g/mol. The number of aliphatic hydroxyl groups is 1.